The third kappa shape index (κ3) is 9.11. The fourth-order valence-corrected chi connectivity index (χ4v) is 4.68. The molecule has 0 bridgehead atoms. The summed E-state index contributed by atoms with van der Waals surface area (Å²) >= 11 is 2.06. The Hall–Kier alpha value is -0.370. The van der Waals surface area contributed by atoms with Gasteiger partial charge in [-0.05, 0) is 43.4 Å². The van der Waals surface area contributed by atoms with Gasteiger partial charge in [-0.3, -0.25) is 0 Å². The van der Waals surface area contributed by atoms with Gasteiger partial charge in [0.05, 0.1) is 0 Å². The van der Waals surface area contributed by atoms with Gasteiger partial charge < -0.3 is 4.90 Å². The summed E-state index contributed by atoms with van der Waals surface area (Å²) in [5.41, 5.74) is 3.11. The van der Waals surface area contributed by atoms with Crippen molar-refractivity contribution in [2.24, 2.45) is 29.6 Å². The number of allylic oxidation sites excluding steroid dienone is 4. The molecule has 0 radical (unpaired) electrons. The molecule has 1 rings (SSSR count). The minimum atomic E-state index is 0.517. The molecule has 0 atom stereocenters. The van der Waals surface area contributed by atoms with Crippen LogP contribution in [0.5, 0.6) is 0 Å². The van der Waals surface area contributed by atoms with E-state index in [1.165, 1.54) is 0 Å². The molecule has 0 N–H and O–H groups in total. The number of nitrogens with zero attached hydrogens (tertiary/aromatic N) is 1. The zero-order valence-electron chi connectivity index (χ0n) is 21.3. The number of hydrogen-bond acceptors (Lipinski definition) is 2. The van der Waals surface area contributed by atoms with Crippen LogP contribution >= 0.6 is 11.8 Å². The summed E-state index contributed by atoms with van der Waals surface area (Å²) in [6.45, 7) is 33.9. The van der Waals surface area contributed by atoms with Gasteiger partial charge in [0.1, 0.15) is 0 Å². The molecule has 1 heterocycles. The van der Waals surface area contributed by atoms with E-state index in [4.69, 9.17) is 0 Å². The van der Waals surface area contributed by atoms with Crippen LogP contribution in [0.15, 0.2) is 21.2 Å². The summed E-state index contributed by atoms with van der Waals surface area (Å²) in [4.78, 5) is 5.80. The lowest BCUT2D eigenvalue weighted by atomic mass is 9.96. The normalized spacial score (nSPS) is 15.2. The van der Waals surface area contributed by atoms with Gasteiger partial charge in [0.25, 0.3) is 0 Å². The van der Waals surface area contributed by atoms with Crippen molar-refractivity contribution in [3.8, 4) is 0 Å². The Bertz CT molecular complexity index is 426. The van der Waals surface area contributed by atoms with E-state index in [1.54, 1.807) is 21.2 Å². The van der Waals surface area contributed by atoms with Crippen molar-refractivity contribution in [3.05, 3.63) is 21.2 Å². The maximum atomic E-state index is 2.65. The standard InChI is InChI=1S/C19H35NS.C4H10.C2H6/c1-11(2)16-18(13(5)6)21-19(14(7)8)17(12(3)4)20(16)15(9)10;1-4(2)3;1-2/h11-15H,1-10H3;4H,1-3H3;1-2H3. The van der Waals surface area contributed by atoms with Gasteiger partial charge in [0.2, 0.25) is 0 Å². The molecule has 0 saturated heterocycles. The first-order valence-electron chi connectivity index (χ1n) is 11.3. The molecule has 0 fully saturated rings. The van der Waals surface area contributed by atoms with E-state index in [1.807, 2.05) is 13.8 Å². The largest absolute Gasteiger partial charge is 0.344 e. The van der Waals surface area contributed by atoms with Gasteiger partial charge >= 0.3 is 0 Å². The predicted octanol–water partition coefficient (Wildman–Crippen LogP) is 9.18. The van der Waals surface area contributed by atoms with E-state index in [-0.39, 0.29) is 0 Å². The van der Waals surface area contributed by atoms with Gasteiger partial charge in [0.15, 0.2) is 0 Å². The second-order valence-corrected chi connectivity index (χ2v) is 10.5. The van der Waals surface area contributed by atoms with Crippen LogP contribution in [0.3, 0.4) is 0 Å². The third-order valence-electron chi connectivity index (χ3n) is 3.90. The molecule has 0 aromatic rings. The van der Waals surface area contributed by atoms with E-state index >= 15 is 0 Å². The van der Waals surface area contributed by atoms with Gasteiger partial charge in [0, 0.05) is 27.2 Å². The zero-order chi connectivity index (χ0) is 22.1. The van der Waals surface area contributed by atoms with E-state index in [9.17, 15) is 0 Å². The zero-order valence-corrected chi connectivity index (χ0v) is 22.1. The molecule has 2 heteroatoms. The lowest BCUT2D eigenvalue weighted by Crippen LogP contribution is -2.38. The molecule has 1 nitrogen and oxygen atoms in total. The fraction of sp³-hybridized carbons (Fsp3) is 0.840. The van der Waals surface area contributed by atoms with Crippen molar-refractivity contribution >= 4 is 11.8 Å². The Morgan fingerprint density at radius 1 is 0.519 bits per heavy atom. The Labute approximate surface area is 177 Å². The highest BCUT2D eigenvalue weighted by molar-refractivity contribution is 8.06. The monoisotopic (exact) mass is 397 g/mol. The summed E-state index contributed by atoms with van der Waals surface area (Å²) in [6, 6.07) is 0.517. The second-order valence-electron chi connectivity index (χ2n) is 9.42. The molecule has 27 heavy (non-hydrogen) atoms. The highest BCUT2D eigenvalue weighted by Crippen LogP contribution is 2.49. The van der Waals surface area contributed by atoms with E-state index < -0.39 is 0 Å². The van der Waals surface area contributed by atoms with Gasteiger partial charge in [-0.15, -0.1) is 0 Å². The molecular formula is C25H51NS. The van der Waals surface area contributed by atoms with E-state index in [0.29, 0.717) is 29.7 Å². The first-order chi connectivity index (χ1) is 12.3. The van der Waals surface area contributed by atoms with Crippen LogP contribution in [0, 0.1) is 29.6 Å². The summed E-state index contributed by atoms with van der Waals surface area (Å²) in [7, 11) is 0. The molecule has 162 valence electrons. The molecule has 0 unspecified atom stereocenters. The molecule has 0 spiro atoms. The molecule has 0 amide bonds. The summed E-state index contributed by atoms with van der Waals surface area (Å²) in [6.07, 6.45) is 0. The first-order valence-corrected chi connectivity index (χ1v) is 12.1. The maximum absolute atomic E-state index is 2.65. The highest BCUT2D eigenvalue weighted by atomic mass is 32.2. The quantitative estimate of drug-likeness (QED) is 0.455. The Balaban J connectivity index is 0. The maximum Gasteiger partial charge on any atom is 0.0307 e. The van der Waals surface area contributed by atoms with Crippen molar-refractivity contribution in [2.75, 3.05) is 0 Å². The highest BCUT2D eigenvalue weighted by Gasteiger charge is 2.34. The van der Waals surface area contributed by atoms with Crippen molar-refractivity contribution in [2.45, 2.75) is 110 Å². The molecule has 1 aliphatic heterocycles. The van der Waals surface area contributed by atoms with Gasteiger partial charge in [-0.1, -0.05) is 102 Å². The topological polar surface area (TPSA) is 3.24 Å². The average Bonchev–Trinajstić information content (AvgIpc) is 2.53. The smallest absolute Gasteiger partial charge is 0.0307 e. The lowest BCUT2D eigenvalue weighted by molar-refractivity contribution is 0.284. The molecule has 0 aromatic carbocycles. The van der Waals surface area contributed by atoms with E-state index in [0.717, 1.165) is 5.92 Å². The molecule has 0 aliphatic carbocycles. The lowest BCUT2D eigenvalue weighted by Gasteiger charge is -2.44. The summed E-state index contributed by atoms with van der Waals surface area (Å²) < 4.78 is 0. The van der Waals surface area contributed by atoms with Gasteiger partial charge in [-0.2, -0.15) is 0 Å². The number of rotatable bonds is 5. The van der Waals surface area contributed by atoms with Crippen LogP contribution in [0.4, 0.5) is 0 Å². The van der Waals surface area contributed by atoms with E-state index in [2.05, 4.69) is 107 Å². The van der Waals surface area contributed by atoms with Gasteiger partial charge in [-0.25, -0.2) is 0 Å². The Kier molecular flexibility index (Phi) is 14.7. The van der Waals surface area contributed by atoms with Crippen molar-refractivity contribution in [1.82, 2.24) is 4.90 Å². The number of thioether (sulfide) groups is 1. The SMILES string of the molecule is CC.CC(C)C.CC(C)C1=C(C(C)C)N(C(C)C)C(C(C)C)=C(C(C)C)S1. The van der Waals surface area contributed by atoms with Crippen LogP contribution in [-0.2, 0) is 0 Å². The summed E-state index contributed by atoms with van der Waals surface area (Å²) in [5, 5.41) is 0. The predicted molar refractivity (Wildman–Crippen MR) is 130 cm³/mol. The first kappa shape index (κ1) is 28.8. The number of hydrogen-bond donors (Lipinski definition) is 0. The van der Waals surface area contributed by atoms with Crippen molar-refractivity contribution in [3.63, 3.8) is 0 Å². The Morgan fingerprint density at radius 3 is 0.926 bits per heavy atom. The second kappa shape index (κ2) is 13.7. The molecular weight excluding hydrogens is 346 g/mol. The molecule has 0 aromatic heterocycles. The Morgan fingerprint density at radius 2 is 0.778 bits per heavy atom. The van der Waals surface area contributed by atoms with Crippen LogP contribution in [0.25, 0.3) is 0 Å². The van der Waals surface area contributed by atoms with Crippen LogP contribution in [0.2, 0.25) is 0 Å². The average molecular weight is 398 g/mol. The van der Waals surface area contributed by atoms with Crippen molar-refractivity contribution in [1.29, 1.82) is 0 Å². The third-order valence-corrected chi connectivity index (χ3v) is 5.70. The molecule has 0 saturated carbocycles. The molecule has 1 aliphatic rings. The minimum Gasteiger partial charge on any atom is -0.344 e. The minimum absolute atomic E-state index is 0.517. The van der Waals surface area contributed by atoms with Crippen molar-refractivity contribution < 1.29 is 0 Å². The van der Waals surface area contributed by atoms with Crippen LogP contribution < -0.4 is 0 Å². The van der Waals surface area contributed by atoms with Crippen LogP contribution in [-0.4, -0.2) is 10.9 Å². The summed E-state index contributed by atoms with van der Waals surface area (Å²) in [5.74, 6) is 3.16. The fourth-order valence-electron chi connectivity index (χ4n) is 3.10. The van der Waals surface area contributed by atoms with Crippen LogP contribution in [0.1, 0.15) is 104 Å².